The zero-order chi connectivity index (χ0) is 13.5. The smallest absolute Gasteiger partial charge is 0.0635 e. The van der Waals surface area contributed by atoms with Crippen molar-refractivity contribution in [2.75, 3.05) is 6.54 Å². The van der Waals surface area contributed by atoms with E-state index >= 15 is 0 Å². The molecule has 4 heteroatoms. The van der Waals surface area contributed by atoms with Crippen LogP contribution in [0.3, 0.4) is 0 Å². The summed E-state index contributed by atoms with van der Waals surface area (Å²) in [5, 5.41) is 8.77. The first-order valence-corrected chi connectivity index (χ1v) is 6.36. The Morgan fingerprint density at radius 2 is 2.17 bits per heavy atom. The van der Waals surface area contributed by atoms with Gasteiger partial charge < -0.3 is 5.73 Å². The fourth-order valence-electron chi connectivity index (χ4n) is 2.25. The molecule has 4 nitrogen and oxygen atoms in total. The third-order valence-corrected chi connectivity index (χ3v) is 3.03. The Kier molecular flexibility index (Phi) is 5.76. The summed E-state index contributed by atoms with van der Waals surface area (Å²) in [4.78, 5) is 6.43. The van der Waals surface area contributed by atoms with Crippen LogP contribution in [0.2, 0.25) is 0 Å². The summed E-state index contributed by atoms with van der Waals surface area (Å²) in [6, 6.07) is 6.61. The van der Waals surface area contributed by atoms with Crippen LogP contribution in [0.4, 0.5) is 0 Å². The van der Waals surface area contributed by atoms with Gasteiger partial charge in [-0.3, -0.25) is 9.88 Å². The van der Waals surface area contributed by atoms with Gasteiger partial charge in [-0.1, -0.05) is 6.07 Å². The first kappa shape index (κ1) is 14.6. The van der Waals surface area contributed by atoms with Gasteiger partial charge in [0.05, 0.1) is 12.1 Å². The van der Waals surface area contributed by atoms with E-state index in [9.17, 15) is 0 Å². The van der Waals surface area contributed by atoms with Crippen molar-refractivity contribution in [2.45, 2.75) is 45.3 Å². The van der Waals surface area contributed by atoms with Crippen LogP contribution >= 0.6 is 0 Å². The lowest BCUT2D eigenvalue weighted by Gasteiger charge is -2.37. The molecule has 0 amide bonds. The minimum absolute atomic E-state index is 0.00436. The standard InChI is InChI=1S/C14H22N4/c1-11(2)18(9-5-7-15)14(12(3)16)13-6-4-8-17-10-13/h4,6,8,10-12,14H,5,9,16H2,1-3H3. The van der Waals surface area contributed by atoms with Crippen LogP contribution in [0.15, 0.2) is 24.5 Å². The van der Waals surface area contributed by atoms with Crippen molar-refractivity contribution in [1.29, 1.82) is 5.26 Å². The van der Waals surface area contributed by atoms with Crippen LogP contribution < -0.4 is 5.73 Å². The second kappa shape index (κ2) is 7.10. The first-order chi connectivity index (χ1) is 8.57. The molecule has 2 unspecified atom stereocenters. The van der Waals surface area contributed by atoms with Crippen molar-refractivity contribution >= 4 is 0 Å². The molecule has 1 heterocycles. The molecule has 0 bridgehead atoms. The highest BCUT2D eigenvalue weighted by molar-refractivity contribution is 5.16. The summed E-state index contributed by atoms with van der Waals surface area (Å²) in [6.07, 6.45) is 4.13. The van der Waals surface area contributed by atoms with Crippen molar-refractivity contribution in [1.82, 2.24) is 9.88 Å². The summed E-state index contributed by atoms with van der Waals surface area (Å²) in [5.74, 6) is 0. The summed E-state index contributed by atoms with van der Waals surface area (Å²) in [6.45, 7) is 6.99. The lowest BCUT2D eigenvalue weighted by atomic mass is 9.99. The molecule has 1 rings (SSSR count). The Labute approximate surface area is 109 Å². The highest BCUT2D eigenvalue weighted by Crippen LogP contribution is 2.25. The van der Waals surface area contributed by atoms with E-state index < -0.39 is 0 Å². The Morgan fingerprint density at radius 1 is 1.44 bits per heavy atom. The summed E-state index contributed by atoms with van der Waals surface area (Å²) >= 11 is 0. The molecule has 98 valence electrons. The number of rotatable bonds is 6. The average Bonchev–Trinajstić information content (AvgIpc) is 2.34. The van der Waals surface area contributed by atoms with Crippen LogP contribution in [0.5, 0.6) is 0 Å². The number of hydrogen-bond acceptors (Lipinski definition) is 4. The van der Waals surface area contributed by atoms with Gasteiger partial charge in [0.2, 0.25) is 0 Å². The molecular formula is C14H22N4. The van der Waals surface area contributed by atoms with Crippen molar-refractivity contribution in [3.63, 3.8) is 0 Å². The van der Waals surface area contributed by atoms with E-state index in [4.69, 9.17) is 11.0 Å². The maximum atomic E-state index is 8.77. The molecule has 0 aliphatic rings. The second-order valence-electron chi connectivity index (χ2n) is 4.83. The molecule has 0 aromatic carbocycles. The van der Waals surface area contributed by atoms with Crippen molar-refractivity contribution in [2.24, 2.45) is 5.73 Å². The fourth-order valence-corrected chi connectivity index (χ4v) is 2.25. The molecule has 1 aromatic rings. The van der Waals surface area contributed by atoms with Gasteiger partial charge in [0, 0.05) is 37.4 Å². The number of aromatic nitrogens is 1. The van der Waals surface area contributed by atoms with Gasteiger partial charge in [-0.2, -0.15) is 5.26 Å². The lowest BCUT2D eigenvalue weighted by molar-refractivity contribution is 0.139. The number of hydrogen-bond donors (Lipinski definition) is 1. The molecule has 0 saturated carbocycles. The molecule has 0 aliphatic heterocycles. The summed E-state index contributed by atoms with van der Waals surface area (Å²) in [7, 11) is 0. The van der Waals surface area contributed by atoms with E-state index in [-0.39, 0.29) is 12.1 Å². The van der Waals surface area contributed by atoms with Gasteiger partial charge >= 0.3 is 0 Å². The monoisotopic (exact) mass is 246 g/mol. The number of nitrogens with zero attached hydrogens (tertiary/aromatic N) is 3. The van der Waals surface area contributed by atoms with Crippen molar-refractivity contribution < 1.29 is 0 Å². The molecule has 0 aliphatic carbocycles. The van der Waals surface area contributed by atoms with Crippen LogP contribution in [0.1, 0.15) is 38.8 Å². The molecule has 0 radical (unpaired) electrons. The molecule has 2 N–H and O–H groups in total. The Hall–Kier alpha value is -1.44. The maximum Gasteiger partial charge on any atom is 0.0635 e. The van der Waals surface area contributed by atoms with Gasteiger partial charge in [-0.25, -0.2) is 0 Å². The maximum absolute atomic E-state index is 8.77. The molecule has 0 spiro atoms. The Balaban J connectivity index is 2.98. The molecular weight excluding hydrogens is 224 g/mol. The molecule has 18 heavy (non-hydrogen) atoms. The van der Waals surface area contributed by atoms with Gasteiger partial charge in [0.15, 0.2) is 0 Å². The Bertz CT molecular complexity index is 381. The van der Waals surface area contributed by atoms with Crippen LogP contribution in [0.25, 0.3) is 0 Å². The van der Waals surface area contributed by atoms with E-state index in [0.29, 0.717) is 12.5 Å². The predicted molar refractivity (Wildman–Crippen MR) is 72.7 cm³/mol. The molecule has 2 atom stereocenters. The quantitative estimate of drug-likeness (QED) is 0.834. The largest absolute Gasteiger partial charge is 0.326 e. The van der Waals surface area contributed by atoms with Crippen molar-refractivity contribution in [3.05, 3.63) is 30.1 Å². The highest BCUT2D eigenvalue weighted by atomic mass is 15.2. The zero-order valence-electron chi connectivity index (χ0n) is 11.4. The van der Waals surface area contributed by atoms with Gasteiger partial charge in [-0.05, 0) is 32.4 Å². The van der Waals surface area contributed by atoms with E-state index in [2.05, 4.69) is 29.8 Å². The van der Waals surface area contributed by atoms with E-state index in [1.807, 2.05) is 25.3 Å². The minimum atomic E-state index is -0.00436. The van der Waals surface area contributed by atoms with Gasteiger partial charge in [0.25, 0.3) is 0 Å². The molecule has 1 aromatic heterocycles. The predicted octanol–water partition coefficient (Wildman–Crippen LogP) is 2.09. The minimum Gasteiger partial charge on any atom is -0.326 e. The first-order valence-electron chi connectivity index (χ1n) is 6.36. The third kappa shape index (κ3) is 3.80. The normalized spacial score (nSPS) is 14.5. The molecule has 0 saturated heterocycles. The van der Waals surface area contributed by atoms with Gasteiger partial charge in [-0.15, -0.1) is 0 Å². The topological polar surface area (TPSA) is 65.9 Å². The van der Waals surface area contributed by atoms with E-state index in [1.165, 1.54) is 0 Å². The zero-order valence-corrected chi connectivity index (χ0v) is 11.4. The average molecular weight is 246 g/mol. The summed E-state index contributed by atoms with van der Waals surface area (Å²) < 4.78 is 0. The SMILES string of the molecule is CC(N)C(c1cccnc1)N(CCC#N)C(C)C. The second-order valence-corrected chi connectivity index (χ2v) is 4.83. The highest BCUT2D eigenvalue weighted by Gasteiger charge is 2.25. The molecule has 0 fully saturated rings. The van der Waals surface area contributed by atoms with Crippen LogP contribution in [-0.4, -0.2) is 28.5 Å². The Morgan fingerprint density at radius 3 is 2.61 bits per heavy atom. The van der Waals surface area contributed by atoms with E-state index in [0.717, 1.165) is 12.1 Å². The number of nitrogens with two attached hydrogens (primary N) is 1. The number of pyridine rings is 1. The lowest BCUT2D eigenvalue weighted by Crippen LogP contribution is -2.43. The third-order valence-electron chi connectivity index (χ3n) is 3.03. The van der Waals surface area contributed by atoms with Crippen molar-refractivity contribution in [3.8, 4) is 6.07 Å². The fraction of sp³-hybridized carbons (Fsp3) is 0.571. The van der Waals surface area contributed by atoms with Crippen LogP contribution in [-0.2, 0) is 0 Å². The number of nitriles is 1. The van der Waals surface area contributed by atoms with Gasteiger partial charge in [0.1, 0.15) is 0 Å². The summed E-state index contributed by atoms with van der Waals surface area (Å²) in [5.41, 5.74) is 7.24. The van der Waals surface area contributed by atoms with Crippen LogP contribution in [0, 0.1) is 11.3 Å². The van der Waals surface area contributed by atoms with E-state index in [1.54, 1.807) is 6.20 Å².